The second-order valence-corrected chi connectivity index (χ2v) is 25.2. The molecule has 0 aliphatic carbocycles. The van der Waals surface area contributed by atoms with Gasteiger partial charge in [-0.1, -0.05) is 101 Å². The largest absolute Gasteiger partial charge is 0.480 e. The van der Waals surface area contributed by atoms with Crippen LogP contribution in [0.2, 0.25) is 0 Å². The van der Waals surface area contributed by atoms with Crippen LogP contribution in [0.4, 0.5) is 0 Å². The molecular weight excluding hydrogens is 1300 g/mol. The number of hydrogen-bond donors (Lipinski definition) is 16. The van der Waals surface area contributed by atoms with E-state index in [1.54, 1.807) is 74.5 Å². The molecule has 3 fully saturated rings. The van der Waals surface area contributed by atoms with Gasteiger partial charge in [0.1, 0.15) is 60.4 Å². The van der Waals surface area contributed by atoms with Crippen LogP contribution in [-0.2, 0) is 75.2 Å². The molecule has 2 aromatic carbocycles. The van der Waals surface area contributed by atoms with Gasteiger partial charge in [-0.2, -0.15) is 0 Å². The Hall–Kier alpha value is -9.99. The quantitative estimate of drug-likeness (QED) is 0.0170. The van der Waals surface area contributed by atoms with Crippen LogP contribution in [0.25, 0.3) is 0 Å². The Kier molecular flexibility index (Phi) is 32.9. The number of aliphatic imine (C=N–C) groups is 2. The molecule has 0 unspecified atom stereocenters. The summed E-state index contributed by atoms with van der Waals surface area (Å²) in [4.78, 5) is 191. The van der Waals surface area contributed by atoms with Gasteiger partial charge in [-0.15, -0.1) is 0 Å². The van der Waals surface area contributed by atoms with Gasteiger partial charge in [0.2, 0.25) is 70.9 Å². The van der Waals surface area contributed by atoms with Gasteiger partial charge in [0.15, 0.2) is 11.9 Å². The minimum Gasteiger partial charge on any atom is -0.480 e. The summed E-state index contributed by atoms with van der Waals surface area (Å²) in [5.41, 5.74) is 28.6. The Morgan fingerprint density at radius 2 is 0.940 bits per heavy atom. The molecule has 3 aliphatic rings. The normalized spacial score (nSPS) is 18.3. The molecule has 0 bridgehead atoms. The van der Waals surface area contributed by atoms with E-state index in [0.29, 0.717) is 43.2 Å². The number of nitrogens with two attached hydrogens (primary N) is 5. The Morgan fingerprint density at radius 1 is 0.500 bits per heavy atom. The highest BCUT2D eigenvalue weighted by molar-refractivity contribution is 5.99. The first kappa shape index (κ1) is 80.7. The number of rotatable bonds is 39. The first-order chi connectivity index (χ1) is 47.7. The van der Waals surface area contributed by atoms with Gasteiger partial charge in [0, 0.05) is 45.6 Å². The summed E-state index contributed by atoms with van der Waals surface area (Å²) >= 11 is 0. The lowest BCUT2D eigenvalue weighted by Crippen LogP contribution is -2.60. The smallest absolute Gasteiger partial charge is 0.326 e. The van der Waals surface area contributed by atoms with E-state index in [1.807, 2.05) is 13.8 Å². The summed E-state index contributed by atoms with van der Waals surface area (Å²) in [7, 11) is 0. The summed E-state index contributed by atoms with van der Waals surface area (Å²) in [6.45, 7) is 4.98. The van der Waals surface area contributed by atoms with E-state index in [4.69, 9.17) is 28.7 Å². The molecule has 21 N–H and O–H groups in total. The molecule has 34 heteroatoms. The minimum atomic E-state index is -1.64. The van der Waals surface area contributed by atoms with Crippen molar-refractivity contribution in [2.75, 3.05) is 59.0 Å². The van der Waals surface area contributed by atoms with E-state index >= 15 is 0 Å². The number of carboxylic acid groups (broad SMARTS) is 1. The van der Waals surface area contributed by atoms with Gasteiger partial charge in [0.05, 0.1) is 26.2 Å². The molecular formula is C66H101N19O15. The molecule has 0 aromatic heterocycles. The zero-order chi connectivity index (χ0) is 73.6. The van der Waals surface area contributed by atoms with Gasteiger partial charge in [-0.05, 0) is 87.2 Å². The molecule has 3 aliphatic heterocycles. The lowest BCUT2D eigenvalue weighted by molar-refractivity contribution is -0.148. The highest BCUT2D eigenvalue weighted by Crippen LogP contribution is 2.27. The van der Waals surface area contributed by atoms with Crippen molar-refractivity contribution >= 4 is 88.8 Å². The number of aliphatic carboxylic acids is 1. The summed E-state index contributed by atoms with van der Waals surface area (Å²) in [5, 5.41) is 44.0. The molecule has 12 atom stereocenters. The number of carboxylic acids is 1. The second-order valence-electron chi connectivity index (χ2n) is 25.2. The summed E-state index contributed by atoms with van der Waals surface area (Å²) in [6, 6.07) is 4.68. The van der Waals surface area contributed by atoms with Crippen LogP contribution < -0.4 is 76.5 Å². The Bertz CT molecular complexity index is 3210. The number of benzene rings is 2. The van der Waals surface area contributed by atoms with Crippen molar-refractivity contribution in [3.05, 3.63) is 71.8 Å². The predicted octanol–water partition coefficient (Wildman–Crippen LogP) is -4.69. The molecule has 5 rings (SSSR count). The number of aliphatic hydroxyl groups is 1. The third-order valence-electron chi connectivity index (χ3n) is 17.9. The topological polar surface area (TPSA) is 535 Å². The Balaban J connectivity index is 1.23. The van der Waals surface area contributed by atoms with Gasteiger partial charge in [-0.25, -0.2) is 4.79 Å². The Labute approximate surface area is 581 Å². The molecule has 12 amide bonds. The SMILES string of the molecule is CC[C@H](C)[C@H](NC(=O)CN)C(=O)N[C@H](C(=O)NCC(=O)N[C@@H](CCCN=C(N)N)C(=O)N1CCC[C@H]1C(=O)N1CCC[C@H]1C(=O)NCC(=O)N[C@@H](Cc1ccccc1)C(=O)N[C@@H](CO)C(=O)N1CCC[C@H]1C(=O)N[C@@H](Cc1ccccc1)C(=O)N[C@@H](CCCN=C(N)N)C(=O)O)[C@@H](C)CC. The van der Waals surface area contributed by atoms with E-state index in [1.165, 1.54) is 9.80 Å². The number of hydrogen-bond acceptors (Lipinski definition) is 17. The first-order valence-electron chi connectivity index (χ1n) is 34.0. The molecule has 0 spiro atoms. The average molecular weight is 1400 g/mol. The molecule has 34 nitrogen and oxygen atoms in total. The highest BCUT2D eigenvalue weighted by Gasteiger charge is 2.45. The van der Waals surface area contributed by atoms with Crippen LogP contribution in [-0.4, -0.2) is 233 Å². The van der Waals surface area contributed by atoms with E-state index in [0.717, 1.165) is 4.90 Å². The van der Waals surface area contributed by atoms with Crippen molar-refractivity contribution in [2.45, 2.75) is 178 Å². The van der Waals surface area contributed by atoms with Crippen LogP contribution in [0.5, 0.6) is 0 Å². The Morgan fingerprint density at radius 3 is 1.44 bits per heavy atom. The summed E-state index contributed by atoms with van der Waals surface area (Å²) < 4.78 is 0. The maximum Gasteiger partial charge on any atom is 0.326 e. The van der Waals surface area contributed by atoms with Gasteiger partial charge in [0.25, 0.3) is 0 Å². The molecule has 2 aromatic rings. The van der Waals surface area contributed by atoms with Crippen molar-refractivity contribution in [2.24, 2.45) is 50.5 Å². The van der Waals surface area contributed by atoms with Crippen molar-refractivity contribution in [3.8, 4) is 0 Å². The number of nitrogens with zero attached hydrogens (tertiary/aromatic N) is 5. The molecule has 3 saturated heterocycles. The maximum atomic E-state index is 14.6. The zero-order valence-electron chi connectivity index (χ0n) is 57.3. The molecule has 0 saturated carbocycles. The highest BCUT2D eigenvalue weighted by atomic mass is 16.4. The summed E-state index contributed by atoms with van der Waals surface area (Å²) in [5.74, 6) is -11.2. The summed E-state index contributed by atoms with van der Waals surface area (Å²) in [6.07, 6.45) is 2.75. The van der Waals surface area contributed by atoms with Gasteiger partial charge in [-0.3, -0.25) is 67.5 Å². The molecule has 0 radical (unpaired) electrons. The van der Waals surface area contributed by atoms with E-state index in [2.05, 4.69) is 57.8 Å². The number of carbonyl (C=O) groups excluding carboxylic acids is 12. The van der Waals surface area contributed by atoms with Crippen LogP contribution in [0, 0.1) is 11.8 Å². The van der Waals surface area contributed by atoms with Crippen molar-refractivity contribution in [3.63, 3.8) is 0 Å². The van der Waals surface area contributed by atoms with Crippen LogP contribution >= 0.6 is 0 Å². The lowest BCUT2D eigenvalue weighted by atomic mass is 9.95. The number of nitrogens with one attached hydrogen (secondary N) is 9. The average Bonchev–Trinajstić information content (AvgIpc) is 1.64. The second kappa shape index (κ2) is 40.8. The number of amides is 12. The van der Waals surface area contributed by atoms with E-state index in [9.17, 15) is 72.5 Å². The molecule has 550 valence electrons. The van der Waals surface area contributed by atoms with Crippen LogP contribution in [0.3, 0.4) is 0 Å². The fourth-order valence-corrected chi connectivity index (χ4v) is 12.1. The minimum absolute atomic E-state index is 0.00183. The maximum absolute atomic E-state index is 14.6. The van der Waals surface area contributed by atoms with Crippen LogP contribution in [0.15, 0.2) is 70.6 Å². The van der Waals surface area contributed by atoms with Gasteiger partial charge >= 0.3 is 5.97 Å². The zero-order valence-corrected chi connectivity index (χ0v) is 57.3. The van der Waals surface area contributed by atoms with Gasteiger partial charge < -0.3 is 101 Å². The van der Waals surface area contributed by atoms with Crippen LogP contribution in [0.1, 0.15) is 116 Å². The molecule has 3 heterocycles. The first-order valence-corrected chi connectivity index (χ1v) is 34.0. The lowest BCUT2D eigenvalue weighted by Gasteiger charge is -2.33. The standard InChI is InChI=1S/C66H101N19O15/c1-5-38(3)53(82-60(95)54(39(4)6-2)81-50(87)34-67)59(94)75-36-51(88)76-42(22-13-27-72-65(68)69)61(96)85-31-17-26-49(85)63(98)84-30-15-24-47(84)57(92)74-35-52(89)77-44(32-40-18-9-7-10-19-40)55(90)80-46(37-86)62(97)83-29-16-25-48(83)58(93)79-45(33-41-20-11-8-12-21-41)56(91)78-43(64(99)100)23-14-28-73-66(70)71/h7-12,18-21,38-39,42-49,53-54,86H,5-6,13-17,22-37,67H2,1-4H3,(H,74,92)(H,75,94)(H,76,88)(H,77,89)(H,78,91)(H,79,93)(H,80,90)(H,81,87)(H,82,95)(H,99,100)(H4,68,69,72)(H4,70,71,73)/t38-,39-,42-,43-,44-,45-,46-,47-,48-,49-,53-,54-/m0/s1. The number of carbonyl (C=O) groups is 13. The van der Waals surface area contributed by atoms with Crippen molar-refractivity contribution in [1.82, 2.24) is 62.6 Å². The molecule has 100 heavy (non-hydrogen) atoms. The fraction of sp³-hybridized carbons (Fsp3) is 0.591. The third kappa shape index (κ3) is 24.8. The number of aliphatic hydroxyl groups excluding tert-OH is 1. The van der Waals surface area contributed by atoms with E-state index in [-0.39, 0.29) is 115 Å². The number of likely N-dealkylation sites (tertiary alicyclic amines) is 3. The predicted molar refractivity (Wildman–Crippen MR) is 367 cm³/mol. The third-order valence-corrected chi connectivity index (χ3v) is 17.9. The van der Waals surface area contributed by atoms with Crippen molar-refractivity contribution < 1.29 is 72.5 Å². The fourth-order valence-electron chi connectivity index (χ4n) is 12.1. The van der Waals surface area contributed by atoms with Crippen molar-refractivity contribution in [1.29, 1.82) is 0 Å². The monoisotopic (exact) mass is 1400 g/mol. The number of guanidine groups is 2. The van der Waals surface area contributed by atoms with E-state index < -0.39 is 163 Å².